The van der Waals surface area contributed by atoms with Crippen LogP contribution in [0.4, 0.5) is 0 Å². The first-order valence-corrected chi connectivity index (χ1v) is 11.2. The third kappa shape index (κ3) is 1.96. The molecule has 148 valence electrons. The highest BCUT2D eigenvalue weighted by Gasteiger charge is 2.71. The van der Waals surface area contributed by atoms with E-state index in [-0.39, 0.29) is 17.6 Å². The van der Waals surface area contributed by atoms with Crippen molar-refractivity contribution in [2.45, 2.75) is 84.3 Å². The molecule has 6 bridgehead atoms. The Labute approximate surface area is 159 Å². The average Bonchev–Trinajstić information content (AvgIpc) is 2.99. The highest BCUT2D eigenvalue weighted by atomic mass is 16.7. The maximum absolute atomic E-state index is 11.0. The predicted molar refractivity (Wildman–Crippen MR) is 101 cm³/mol. The molecule has 0 aromatic heterocycles. The normalized spacial score (nSPS) is 60.6. The van der Waals surface area contributed by atoms with Crippen molar-refractivity contribution in [1.82, 2.24) is 0 Å². The summed E-state index contributed by atoms with van der Waals surface area (Å²) in [7, 11) is 1.68. The predicted octanol–water partition coefficient (Wildman–Crippen LogP) is 4.63. The topological polar surface area (TPSA) is 38.7 Å². The summed E-state index contributed by atoms with van der Waals surface area (Å²) in [6.45, 7) is 8.11. The van der Waals surface area contributed by atoms with Crippen LogP contribution in [-0.2, 0) is 9.47 Å². The molecule has 7 fully saturated rings. The van der Waals surface area contributed by atoms with E-state index in [1.165, 1.54) is 38.5 Å². The molecule has 0 amide bonds. The van der Waals surface area contributed by atoms with E-state index in [2.05, 4.69) is 20.8 Å². The molecule has 7 rings (SSSR count). The monoisotopic (exact) mass is 362 g/mol. The smallest absolute Gasteiger partial charge is 0.146 e. The van der Waals surface area contributed by atoms with Crippen molar-refractivity contribution in [2.24, 2.45) is 45.8 Å². The minimum absolute atomic E-state index is 0.0509. The Hall–Kier alpha value is -0.120. The lowest BCUT2D eigenvalue weighted by atomic mass is 9.33. The zero-order valence-corrected chi connectivity index (χ0v) is 17.2. The molecule has 0 radical (unpaired) electrons. The van der Waals surface area contributed by atoms with Crippen molar-refractivity contribution < 1.29 is 14.6 Å². The molecule has 0 aliphatic heterocycles. The minimum Gasteiger partial charge on any atom is -0.390 e. The molecular weight excluding hydrogens is 324 g/mol. The number of hydrogen-bond acceptors (Lipinski definition) is 3. The van der Waals surface area contributed by atoms with Crippen LogP contribution in [-0.4, -0.2) is 31.2 Å². The van der Waals surface area contributed by atoms with Crippen LogP contribution in [0.25, 0.3) is 0 Å². The van der Waals surface area contributed by atoms with Crippen molar-refractivity contribution in [2.75, 3.05) is 13.9 Å². The molecule has 3 heteroatoms. The standard InChI is InChI=1S/C23H38O3/c1-14-16-5-6-17-15-7-10-23(14)12-20(26-13-25-4)19(24)11-22(23,3)18(15)8-9-21(16,17)2/h14-20,24H,5-13H2,1-4H3/t14?,15-,16?,17+,18+,19+,20+,21-,22+,23+/m1/s1. The van der Waals surface area contributed by atoms with Gasteiger partial charge >= 0.3 is 0 Å². The summed E-state index contributed by atoms with van der Waals surface area (Å²) in [6.07, 6.45) is 10.1. The van der Waals surface area contributed by atoms with Gasteiger partial charge in [-0.15, -0.1) is 0 Å². The summed E-state index contributed by atoms with van der Waals surface area (Å²) in [5.41, 5.74) is 1.20. The van der Waals surface area contributed by atoms with Gasteiger partial charge in [0.2, 0.25) is 0 Å². The van der Waals surface area contributed by atoms with E-state index in [1.54, 1.807) is 7.11 Å². The van der Waals surface area contributed by atoms with E-state index < -0.39 is 0 Å². The van der Waals surface area contributed by atoms with Crippen molar-refractivity contribution >= 4 is 0 Å². The minimum atomic E-state index is -0.334. The number of ether oxygens (including phenoxy) is 2. The number of rotatable bonds is 3. The molecule has 7 saturated carbocycles. The first kappa shape index (κ1) is 17.9. The first-order chi connectivity index (χ1) is 12.4. The molecule has 0 aromatic carbocycles. The van der Waals surface area contributed by atoms with Crippen LogP contribution in [0.3, 0.4) is 0 Å². The summed E-state index contributed by atoms with van der Waals surface area (Å²) >= 11 is 0. The molecule has 1 spiro atoms. The molecule has 0 aromatic rings. The Morgan fingerprint density at radius 1 is 0.962 bits per heavy atom. The lowest BCUT2D eigenvalue weighted by Gasteiger charge is -2.72. The second-order valence-corrected chi connectivity index (χ2v) is 11.1. The maximum atomic E-state index is 11.0. The van der Waals surface area contributed by atoms with Crippen LogP contribution in [0.1, 0.15) is 72.1 Å². The molecule has 1 N–H and O–H groups in total. The van der Waals surface area contributed by atoms with Gasteiger partial charge in [0.05, 0.1) is 12.2 Å². The Morgan fingerprint density at radius 3 is 2.50 bits per heavy atom. The number of fused-ring (bicyclic) bond motifs is 2. The maximum Gasteiger partial charge on any atom is 0.146 e. The number of hydrogen-bond donors (Lipinski definition) is 1. The van der Waals surface area contributed by atoms with E-state index >= 15 is 0 Å². The van der Waals surface area contributed by atoms with Gasteiger partial charge in [0.15, 0.2) is 0 Å². The van der Waals surface area contributed by atoms with Gasteiger partial charge in [0, 0.05) is 7.11 Å². The van der Waals surface area contributed by atoms with Crippen molar-refractivity contribution in [3.63, 3.8) is 0 Å². The van der Waals surface area contributed by atoms with Gasteiger partial charge in [-0.3, -0.25) is 0 Å². The van der Waals surface area contributed by atoms with Crippen molar-refractivity contribution in [3.05, 3.63) is 0 Å². The van der Waals surface area contributed by atoms with E-state index in [0.717, 1.165) is 42.4 Å². The van der Waals surface area contributed by atoms with E-state index in [0.29, 0.717) is 17.6 Å². The lowest BCUT2D eigenvalue weighted by Crippen LogP contribution is -2.67. The van der Waals surface area contributed by atoms with Crippen LogP contribution < -0.4 is 0 Å². The van der Waals surface area contributed by atoms with Crippen LogP contribution in [0.2, 0.25) is 0 Å². The van der Waals surface area contributed by atoms with Gasteiger partial charge in [-0.1, -0.05) is 20.8 Å². The van der Waals surface area contributed by atoms with Gasteiger partial charge in [-0.05, 0) is 97.2 Å². The van der Waals surface area contributed by atoms with E-state index in [9.17, 15) is 5.11 Å². The number of aliphatic hydroxyl groups excluding tert-OH is 1. The average molecular weight is 363 g/mol. The third-order valence-electron chi connectivity index (χ3n) is 10.9. The molecule has 7 aliphatic carbocycles. The van der Waals surface area contributed by atoms with Gasteiger partial charge < -0.3 is 14.6 Å². The molecule has 10 atom stereocenters. The second-order valence-electron chi connectivity index (χ2n) is 11.1. The fraction of sp³-hybridized carbons (Fsp3) is 1.00. The van der Waals surface area contributed by atoms with Crippen LogP contribution >= 0.6 is 0 Å². The zero-order valence-electron chi connectivity index (χ0n) is 17.2. The quantitative estimate of drug-likeness (QED) is 0.744. The third-order valence-corrected chi connectivity index (χ3v) is 10.9. The highest BCUT2D eigenvalue weighted by Crippen LogP contribution is 2.77. The lowest BCUT2D eigenvalue weighted by molar-refractivity contribution is -0.265. The molecule has 7 aliphatic rings. The van der Waals surface area contributed by atoms with Crippen LogP contribution in [0, 0.1) is 45.8 Å². The SMILES string of the molecule is COCO[C@H]1C[C@@]23CC[C@H]4[C@H](CC[C@]5(C)C(CC[C@@H]45)C2C)[C@]3(C)C[C@@H]1O. The second kappa shape index (κ2) is 5.70. The molecule has 0 saturated heterocycles. The fourth-order valence-electron chi connectivity index (χ4n) is 9.82. The molecule has 3 nitrogen and oxygen atoms in total. The Kier molecular flexibility index (Phi) is 3.94. The van der Waals surface area contributed by atoms with Gasteiger partial charge in [-0.25, -0.2) is 0 Å². The Morgan fingerprint density at radius 2 is 1.73 bits per heavy atom. The van der Waals surface area contributed by atoms with Gasteiger partial charge in [0.1, 0.15) is 6.79 Å². The summed E-state index contributed by atoms with van der Waals surface area (Å²) in [6, 6.07) is 0. The summed E-state index contributed by atoms with van der Waals surface area (Å²) in [5.74, 6) is 4.28. The van der Waals surface area contributed by atoms with Crippen molar-refractivity contribution in [1.29, 1.82) is 0 Å². The molecule has 2 unspecified atom stereocenters. The first-order valence-electron chi connectivity index (χ1n) is 11.2. The zero-order chi connectivity index (χ0) is 18.3. The van der Waals surface area contributed by atoms with E-state index in [1.807, 2.05) is 0 Å². The summed E-state index contributed by atoms with van der Waals surface area (Å²) < 4.78 is 11.2. The summed E-state index contributed by atoms with van der Waals surface area (Å²) in [4.78, 5) is 0. The van der Waals surface area contributed by atoms with Crippen LogP contribution in [0.15, 0.2) is 0 Å². The number of aliphatic hydroxyl groups is 1. The van der Waals surface area contributed by atoms with Crippen molar-refractivity contribution in [3.8, 4) is 0 Å². The molecular formula is C23H38O3. The largest absolute Gasteiger partial charge is 0.390 e. The molecule has 0 heterocycles. The Balaban J connectivity index is 1.61. The fourth-order valence-corrected chi connectivity index (χ4v) is 9.82. The van der Waals surface area contributed by atoms with Crippen LogP contribution in [0.5, 0.6) is 0 Å². The van der Waals surface area contributed by atoms with Gasteiger partial charge in [-0.2, -0.15) is 0 Å². The highest BCUT2D eigenvalue weighted by molar-refractivity contribution is 5.20. The Bertz CT molecular complexity index is 578. The van der Waals surface area contributed by atoms with E-state index in [4.69, 9.17) is 9.47 Å². The van der Waals surface area contributed by atoms with Gasteiger partial charge in [0.25, 0.3) is 0 Å². The molecule has 26 heavy (non-hydrogen) atoms. The summed E-state index contributed by atoms with van der Waals surface area (Å²) in [5, 5.41) is 11.0. The number of methoxy groups -OCH3 is 1.